The van der Waals surface area contributed by atoms with E-state index in [1.54, 1.807) is 0 Å². The molecule has 1 spiro atoms. The van der Waals surface area contributed by atoms with Crippen molar-refractivity contribution in [1.29, 1.82) is 0 Å². The second-order valence-electron chi connectivity index (χ2n) is 15.4. The molecule has 1 aliphatic carbocycles. The van der Waals surface area contributed by atoms with Gasteiger partial charge >= 0.3 is 0 Å². The van der Waals surface area contributed by atoms with Crippen molar-refractivity contribution in [3.8, 4) is 78.8 Å². The molecular formula is C56H35N3O. The molecule has 0 N–H and O–H groups in total. The highest BCUT2D eigenvalue weighted by molar-refractivity contribution is 6.03. The van der Waals surface area contributed by atoms with Crippen LogP contribution in [-0.4, -0.2) is 15.0 Å². The molecule has 0 radical (unpaired) electrons. The second-order valence-corrected chi connectivity index (χ2v) is 15.4. The molecule has 1 aliphatic heterocycles. The van der Waals surface area contributed by atoms with Crippen LogP contribution in [0.3, 0.4) is 0 Å². The van der Waals surface area contributed by atoms with Gasteiger partial charge in [0.2, 0.25) is 0 Å². The van der Waals surface area contributed by atoms with Crippen LogP contribution in [0.25, 0.3) is 78.2 Å². The Morgan fingerprint density at radius 2 is 0.900 bits per heavy atom. The molecule has 0 bridgehead atoms. The lowest BCUT2D eigenvalue weighted by molar-refractivity contribution is 0.436. The summed E-state index contributed by atoms with van der Waals surface area (Å²) in [7, 11) is 0. The van der Waals surface area contributed by atoms with Gasteiger partial charge in [0, 0.05) is 39.4 Å². The summed E-state index contributed by atoms with van der Waals surface area (Å²) in [5, 5.41) is 1.14. The third kappa shape index (κ3) is 5.14. The maximum Gasteiger partial charge on any atom is 0.160 e. The number of hydrogen-bond acceptors (Lipinski definition) is 4. The van der Waals surface area contributed by atoms with Crippen molar-refractivity contribution in [2.75, 3.05) is 0 Å². The summed E-state index contributed by atoms with van der Waals surface area (Å²) in [6, 6.07) is 73.0. The predicted octanol–water partition coefficient (Wildman–Crippen LogP) is 13.8. The lowest BCUT2D eigenvalue weighted by atomic mass is 9.66. The maximum atomic E-state index is 6.71. The summed E-state index contributed by atoms with van der Waals surface area (Å²) in [4.78, 5) is 15.2. The maximum absolute atomic E-state index is 6.71. The molecule has 12 rings (SSSR count). The molecule has 0 amide bonds. The van der Waals surface area contributed by atoms with Crippen molar-refractivity contribution in [3.05, 3.63) is 235 Å². The molecule has 3 heterocycles. The third-order valence-electron chi connectivity index (χ3n) is 12.2. The summed E-state index contributed by atoms with van der Waals surface area (Å²) >= 11 is 0. The fraction of sp³-hybridized carbons (Fsp3) is 0.0179. The number of para-hydroxylation sites is 2. The minimum absolute atomic E-state index is 0.657. The predicted molar refractivity (Wildman–Crippen MR) is 242 cm³/mol. The number of hydrogen-bond donors (Lipinski definition) is 0. The zero-order chi connectivity index (χ0) is 39.6. The topological polar surface area (TPSA) is 47.9 Å². The molecule has 0 saturated carbocycles. The minimum Gasteiger partial charge on any atom is -0.457 e. The van der Waals surface area contributed by atoms with Crippen LogP contribution >= 0.6 is 0 Å². The number of aromatic nitrogens is 3. The minimum atomic E-state index is -0.657. The average molecular weight is 766 g/mol. The number of fused-ring (bicyclic) bond motifs is 10. The number of nitrogens with zero attached hydrogens (tertiary/aromatic N) is 3. The zero-order valence-corrected chi connectivity index (χ0v) is 32.5. The van der Waals surface area contributed by atoms with Crippen LogP contribution in [0.5, 0.6) is 11.5 Å². The second kappa shape index (κ2) is 13.6. The summed E-state index contributed by atoms with van der Waals surface area (Å²) in [6.07, 6.45) is 1.85. The van der Waals surface area contributed by atoms with Crippen LogP contribution in [0.2, 0.25) is 0 Å². The molecule has 280 valence electrons. The number of ether oxygens (including phenoxy) is 1. The van der Waals surface area contributed by atoms with E-state index in [2.05, 4.69) is 181 Å². The first-order chi connectivity index (χ1) is 29.8. The zero-order valence-electron chi connectivity index (χ0n) is 32.5. The summed E-state index contributed by atoms with van der Waals surface area (Å²) < 4.78 is 6.71. The van der Waals surface area contributed by atoms with Gasteiger partial charge in [-0.1, -0.05) is 176 Å². The van der Waals surface area contributed by atoms with E-state index in [1.165, 1.54) is 22.3 Å². The van der Waals surface area contributed by atoms with Crippen LogP contribution in [0.4, 0.5) is 0 Å². The fourth-order valence-corrected chi connectivity index (χ4v) is 9.68. The molecule has 0 fully saturated rings. The first kappa shape index (κ1) is 34.1. The highest BCUT2D eigenvalue weighted by Crippen LogP contribution is 2.64. The van der Waals surface area contributed by atoms with Gasteiger partial charge in [-0.3, -0.25) is 4.98 Å². The van der Waals surface area contributed by atoms with E-state index in [1.807, 2.05) is 36.5 Å². The quantitative estimate of drug-likeness (QED) is 0.175. The van der Waals surface area contributed by atoms with Crippen LogP contribution in [0.1, 0.15) is 22.3 Å². The largest absolute Gasteiger partial charge is 0.457 e. The van der Waals surface area contributed by atoms with Crippen molar-refractivity contribution < 1.29 is 4.74 Å². The number of benzene rings is 8. The molecule has 0 saturated heterocycles. The Labute approximate surface area is 348 Å². The first-order valence-electron chi connectivity index (χ1n) is 20.3. The van der Waals surface area contributed by atoms with Gasteiger partial charge in [0.1, 0.15) is 11.5 Å². The Kier molecular flexibility index (Phi) is 7.72. The SMILES string of the molecule is c1ccc(-c2cc(-c3cccc4c3-c3c(-c5ccc(-c6cccc7ncccc67)cc5)cccc3C43c4ccccc4Oc4ccccc43)nc(-c3ccccc3)n2)cc1. The Bertz CT molecular complexity index is 3180. The normalized spacial score (nSPS) is 12.9. The summed E-state index contributed by atoms with van der Waals surface area (Å²) in [5.41, 5.74) is 16.8. The average Bonchev–Trinajstić information content (AvgIpc) is 3.63. The lowest BCUT2D eigenvalue weighted by Gasteiger charge is -2.39. The van der Waals surface area contributed by atoms with Crippen molar-refractivity contribution in [1.82, 2.24) is 15.0 Å². The van der Waals surface area contributed by atoms with E-state index in [0.717, 1.165) is 83.9 Å². The van der Waals surface area contributed by atoms with E-state index >= 15 is 0 Å². The molecule has 2 aromatic heterocycles. The van der Waals surface area contributed by atoms with E-state index in [4.69, 9.17) is 14.7 Å². The van der Waals surface area contributed by atoms with Gasteiger partial charge in [-0.15, -0.1) is 0 Å². The van der Waals surface area contributed by atoms with E-state index < -0.39 is 5.41 Å². The Hall–Kier alpha value is -7.95. The molecule has 60 heavy (non-hydrogen) atoms. The molecule has 0 atom stereocenters. The molecule has 4 heteroatoms. The van der Waals surface area contributed by atoms with Crippen molar-refractivity contribution >= 4 is 10.9 Å². The fourth-order valence-electron chi connectivity index (χ4n) is 9.68. The molecule has 0 unspecified atom stereocenters. The van der Waals surface area contributed by atoms with E-state index in [9.17, 15) is 0 Å². The highest BCUT2D eigenvalue weighted by Gasteiger charge is 2.52. The van der Waals surface area contributed by atoms with Crippen LogP contribution in [0, 0.1) is 0 Å². The van der Waals surface area contributed by atoms with Gasteiger partial charge in [-0.25, -0.2) is 9.97 Å². The van der Waals surface area contributed by atoms with E-state index in [0.29, 0.717) is 5.82 Å². The van der Waals surface area contributed by atoms with Gasteiger partial charge in [0.15, 0.2) is 5.82 Å². The molecule has 2 aliphatic rings. The Morgan fingerprint density at radius 3 is 1.60 bits per heavy atom. The van der Waals surface area contributed by atoms with E-state index in [-0.39, 0.29) is 0 Å². The molecule has 4 nitrogen and oxygen atoms in total. The molecule has 8 aromatic carbocycles. The molecular weight excluding hydrogens is 731 g/mol. The highest BCUT2D eigenvalue weighted by atomic mass is 16.5. The lowest BCUT2D eigenvalue weighted by Crippen LogP contribution is -2.32. The number of pyridine rings is 1. The standard InChI is InChI=1S/C56H35N3O/c1-3-15-38(16-4-1)49-35-50(59-55(58-49)39-17-5-2-6-18-39)43-21-12-26-47-54(43)53-41(37-32-30-36(31-33-37)40-19-13-27-48-42(40)22-14-34-57-48)20-11-25-46(53)56(47)44-23-7-9-28-51(44)60-52-29-10-8-24-45(52)56/h1-35H. The van der Waals surface area contributed by atoms with Gasteiger partial charge in [-0.2, -0.15) is 0 Å². The Balaban J connectivity index is 1.15. The van der Waals surface area contributed by atoms with Crippen molar-refractivity contribution in [3.63, 3.8) is 0 Å². The van der Waals surface area contributed by atoms with Gasteiger partial charge < -0.3 is 4.74 Å². The van der Waals surface area contributed by atoms with Gasteiger partial charge in [-0.05, 0) is 74.8 Å². The van der Waals surface area contributed by atoms with Crippen LogP contribution < -0.4 is 4.74 Å². The van der Waals surface area contributed by atoms with Crippen molar-refractivity contribution in [2.45, 2.75) is 5.41 Å². The molecule has 10 aromatic rings. The number of rotatable bonds is 5. The van der Waals surface area contributed by atoms with Gasteiger partial charge in [0.05, 0.1) is 22.3 Å². The smallest absolute Gasteiger partial charge is 0.160 e. The monoisotopic (exact) mass is 765 g/mol. The van der Waals surface area contributed by atoms with Crippen LogP contribution in [0.15, 0.2) is 212 Å². The van der Waals surface area contributed by atoms with Crippen LogP contribution in [-0.2, 0) is 5.41 Å². The third-order valence-corrected chi connectivity index (χ3v) is 12.2. The Morgan fingerprint density at radius 1 is 0.367 bits per heavy atom. The summed E-state index contributed by atoms with van der Waals surface area (Å²) in [6.45, 7) is 0. The van der Waals surface area contributed by atoms with Crippen molar-refractivity contribution in [2.24, 2.45) is 0 Å². The first-order valence-corrected chi connectivity index (χ1v) is 20.3. The van der Waals surface area contributed by atoms with Gasteiger partial charge in [0.25, 0.3) is 0 Å². The summed E-state index contributed by atoms with van der Waals surface area (Å²) in [5.74, 6) is 2.41.